The number of furan rings is 1. The normalized spacial score (nSPS) is 11.2. The Bertz CT molecular complexity index is 810. The van der Waals surface area contributed by atoms with Gasteiger partial charge in [-0.05, 0) is 13.8 Å². The molecule has 0 spiro atoms. The fourth-order valence-corrected chi connectivity index (χ4v) is 2.39. The first-order valence-electron chi connectivity index (χ1n) is 6.32. The van der Waals surface area contributed by atoms with Gasteiger partial charge in [-0.15, -0.1) is 0 Å². The van der Waals surface area contributed by atoms with Crippen LogP contribution in [0.2, 0.25) is 0 Å². The molecule has 3 aromatic rings. The lowest BCUT2D eigenvalue weighted by Gasteiger charge is -2.01. The molecule has 0 amide bonds. The highest BCUT2D eigenvalue weighted by Gasteiger charge is 2.24. The molecule has 0 atom stereocenters. The number of hydrogen-bond acceptors (Lipinski definition) is 4. The first-order valence-corrected chi connectivity index (χ1v) is 6.32. The van der Waals surface area contributed by atoms with Gasteiger partial charge in [0.15, 0.2) is 5.78 Å². The summed E-state index contributed by atoms with van der Waals surface area (Å²) >= 11 is 0. The number of nitrogens with zero attached hydrogens (tertiary/aromatic N) is 2. The van der Waals surface area contributed by atoms with Gasteiger partial charge in [-0.2, -0.15) is 5.10 Å². The maximum Gasteiger partial charge on any atom is 0.228 e. The van der Waals surface area contributed by atoms with Crippen molar-refractivity contribution >= 4 is 22.8 Å². The molecular formula is C15H15N3O2. The van der Waals surface area contributed by atoms with Crippen LogP contribution in [0.25, 0.3) is 11.1 Å². The molecule has 0 unspecified atom stereocenters. The second kappa shape index (κ2) is 4.23. The minimum Gasteiger partial charge on any atom is -0.422 e. The summed E-state index contributed by atoms with van der Waals surface area (Å²) in [6.45, 7) is 3.81. The van der Waals surface area contributed by atoms with E-state index >= 15 is 0 Å². The molecule has 20 heavy (non-hydrogen) atoms. The highest BCUT2D eigenvalue weighted by atomic mass is 16.4. The molecule has 0 saturated carbocycles. The minimum absolute atomic E-state index is 0.140. The lowest BCUT2D eigenvalue weighted by molar-refractivity contribution is 0.104. The number of anilines is 1. The van der Waals surface area contributed by atoms with E-state index < -0.39 is 0 Å². The van der Waals surface area contributed by atoms with Crippen molar-refractivity contribution in [1.29, 1.82) is 0 Å². The molecule has 2 heterocycles. The molecule has 3 rings (SSSR count). The quantitative estimate of drug-likeness (QED) is 0.726. The molecule has 0 radical (unpaired) electrons. The lowest BCUT2D eigenvalue weighted by Crippen LogP contribution is -2.04. The number of hydrogen-bond donors (Lipinski definition) is 1. The molecule has 5 heteroatoms. The summed E-state index contributed by atoms with van der Waals surface area (Å²) in [6.07, 6.45) is 0. The van der Waals surface area contributed by atoms with Crippen molar-refractivity contribution in [1.82, 2.24) is 9.78 Å². The molecule has 1 aromatic carbocycles. The molecule has 2 N–H and O–H groups in total. The zero-order chi connectivity index (χ0) is 14.4. The number of aryl methyl sites for hydroxylation is 3. The Morgan fingerprint density at radius 1 is 1.25 bits per heavy atom. The molecule has 2 aromatic heterocycles. The van der Waals surface area contributed by atoms with Crippen LogP contribution in [0.1, 0.15) is 27.2 Å². The number of aromatic nitrogens is 2. The summed E-state index contributed by atoms with van der Waals surface area (Å²) in [4.78, 5) is 12.6. The number of carbonyl (C=O) groups excluding carboxylic acids is 1. The van der Waals surface area contributed by atoms with E-state index in [0.29, 0.717) is 22.2 Å². The molecule has 0 aliphatic heterocycles. The van der Waals surface area contributed by atoms with Crippen molar-refractivity contribution in [2.75, 3.05) is 5.73 Å². The maximum atomic E-state index is 12.6. The van der Waals surface area contributed by atoms with Gasteiger partial charge < -0.3 is 10.2 Å². The standard InChI is InChI=1S/C15H15N3O2/c1-8-4-6-10(7-5-8)13(19)12-11-9(2)17-18(3)15(11)20-14(12)16/h4-7H,16H2,1-3H3. The van der Waals surface area contributed by atoms with Gasteiger partial charge in [-0.1, -0.05) is 29.8 Å². The van der Waals surface area contributed by atoms with Crippen LogP contribution < -0.4 is 5.73 Å². The van der Waals surface area contributed by atoms with Gasteiger partial charge >= 0.3 is 0 Å². The molecule has 0 bridgehead atoms. The maximum absolute atomic E-state index is 12.6. The number of fused-ring (bicyclic) bond motifs is 1. The van der Waals surface area contributed by atoms with Crippen molar-refractivity contribution in [3.05, 3.63) is 46.6 Å². The number of ketones is 1. The van der Waals surface area contributed by atoms with Crippen LogP contribution in [0.15, 0.2) is 28.7 Å². The van der Waals surface area contributed by atoms with Crippen LogP contribution in [-0.4, -0.2) is 15.6 Å². The monoisotopic (exact) mass is 269 g/mol. The minimum atomic E-state index is -0.141. The predicted octanol–water partition coefficient (Wildman–Crippen LogP) is 2.60. The van der Waals surface area contributed by atoms with Gasteiger partial charge in [0, 0.05) is 12.6 Å². The Kier molecular flexibility index (Phi) is 2.64. The molecule has 0 saturated heterocycles. The Morgan fingerprint density at radius 3 is 2.55 bits per heavy atom. The molecule has 0 aliphatic rings. The zero-order valence-electron chi connectivity index (χ0n) is 11.6. The van der Waals surface area contributed by atoms with Crippen LogP contribution in [0.5, 0.6) is 0 Å². The summed E-state index contributed by atoms with van der Waals surface area (Å²) < 4.78 is 7.06. The van der Waals surface area contributed by atoms with E-state index in [1.54, 1.807) is 23.9 Å². The second-order valence-electron chi connectivity index (χ2n) is 4.93. The third kappa shape index (κ3) is 1.71. The predicted molar refractivity (Wildman–Crippen MR) is 76.7 cm³/mol. The smallest absolute Gasteiger partial charge is 0.228 e. The SMILES string of the molecule is Cc1ccc(C(=O)c2c(N)oc3c2c(C)nn3C)cc1. The highest BCUT2D eigenvalue weighted by molar-refractivity contribution is 6.19. The summed E-state index contributed by atoms with van der Waals surface area (Å²) in [5.74, 6) is -0.000903. The summed E-state index contributed by atoms with van der Waals surface area (Å²) in [6, 6.07) is 7.39. The van der Waals surface area contributed by atoms with E-state index in [-0.39, 0.29) is 11.7 Å². The summed E-state index contributed by atoms with van der Waals surface area (Å²) in [5.41, 5.74) is 9.22. The van der Waals surface area contributed by atoms with Crippen molar-refractivity contribution in [3.63, 3.8) is 0 Å². The van der Waals surface area contributed by atoms with Gasteiger partial charge in [-0.25, -0.2) is 4.68 Å². The average Bonchev–Trinajstić information content (AvgIpc) is 2.88. The number of rotatable bonds is 2. The van der Waals surface area contributed by atoms with Gasteiger partial charge in [0.1, 0.15) is 0 Å². The van der Waals surface area contributed by atoms with Gasteiger partial charge in [0.05, 0.1) is 16.6 Å². The zero-order valence-corrected chi connectivity index (χ0v) is 11.6. The summed E-state index contributed by atoms with van der Waals surface area (Å²) in [5, 5.41) is 4.95. The van der Waals surface area contributed by atoms with Crippen molar-refractivity contribution in [2.24, 2.45) is 7.05 Å². The van der Waals surface area contributed by atoms with E-state index in [0.717, 1.165) is 11.3 Å². The van der Waals surface area contributed by atoms with E-state index in [4.69, 9.17) is 10.2 Å². The van der Waals surface area contributed by atoms with Crippen LogP contribution in [0, 0.1) is 13.8 Å². The number of carbonyl (C=O) groups is 1. The fourth-order valence-electron chi connectivity index (χ4n) is 2.39. The van der Waals surface area contributed by atoms with E-state index in [9.17, 15) is 4.79 Å². The largest absolute Gasteiger partial charge is 0.422 e. The average molecular weight is 269 g/mol. The molecular weight excluding hydrogens is 254 g/mol. The van der Waals surface area contributed by atoms with Crippen LogP contribution in [0.4, 0.5) is 5.88 Å². The van der Waals surface area contributed by atoms with Crippen molar-refractivity contribution < 1.29 is 9.21 Å². The Morgan fingerprint density at radius 2 is 1.90 bits per heavy atom. The van der Waals surface area contributed by atoms with E-state index in [1.807, 2.05) is 26.0 Å². The van der Waals surface area contributed by atoms with Crippen molar-refractivity contribution in [2.45, 2.75) is 13.8 Å². The Labute approximate surface area is 116 Å². The third-order valence-corrected chi connectivity index (χ3v) is 3.41. The van der Waals surface area contributed by atoms with E-state index in [2.05, 4.69) is 5.10 Å². The second-order valence-corrected chi connectivity index (χ2v) is 4.93. The van der Waals surface area contributed by atoms with E-state index in [1.165, 1.54) is 0 Å². The van der Waals surface area contributed by atoms with Gasteiger partial charge in [0.25, 0.3) is 0 Å². The van der Waals surface area contributed by atoms with Crippen LogP contribution in [-0.2, 0) is 7.05 Å². The van der Waals surface area contributed by atoms with Crippen LogP contribution in [0.3, 0.4) is 0 Å². The molecule has 0 fully saturated rings. The van der Waals surface area contributed by atoms with Gasteiger partial charge in [-0.3, -0.25) is 4.79 Å². The number of nitrogen functional groups attached to an aromatic ring is 1. The van der Waals surface area contributed by atoms with Crippen molar-refractivity contribution in [3.8, 4) is 0 Å². The highest BCUT2D eigenvalue weighted by Crippen LogP contribution is 2.31. The topological polar surface area (TPSA) is 74.1 Å². The first-order chi connectivity index (χ1) is 9.49. The Balaban J connectivity index is 2.21. The Hall–Kier alpha value is -2.56. The van der Waals surface area contributed by atoms with Crippen LogP contribution >= 0.6 is 0 Å². The van der Waals surface area contributed by atoms with Gasteiger partial charge in [0.2, 0.25) is 11.6 Å². The molecule has 0 aliphatic carbocycles. The molecule has 5 nitrogen and oxygen atoms in total. The lowest BCUT2D eigenvalue weighted by atomic mass is 10.0. The number of benzene rings is 1. The first kappa shape index (κ1) is 12.5. The number of nitrogens with two attached hydrogens (primary N) is 1. The summed E-state index contributed by atoms with van der Waals surface area (Å²) in [7, 11) is 1.76. The third-order valence-electron chi connectivity index (χ3n) is 3.41. The fraction of sp³-hybridized carbons (Fsp3) is 0.200. The molecule has 102 valence electrons.